The van der Waals surface area contributed by atoms with Gasteiger partial charge in [0.2, 0.25) is 0 Å². The van der Waals surface area contributed by atoms with Gasteiger partial charge >= 0.3 is 5.97 Å². The van der Waals surface area contributed by atoms with Crippen molar-refractivity contribution in [2.75, 3.05) is 24.6 Å². The van der Waals surface area contributed by atoms with Gasteiger partial charge in [-0.25, -0.2) is 9.18 Å². The molecule has 4 rings (SSSR count). The Morgan fingerprint density at radius 2 is 2.07 bits per heavy atom. The number of aliphatic hydroxyl groups is 1. The molecule has 9 heteroatoms. The van der Waals surface area contributed by atoms with Gasteiger partial charge < -0.3 is 20.8 Å². The Labute approximate surface area is 173 Å². The van der Waals surface area contributed by atoms with Crippen LogP contribution in [0.15, 0.2) is 17.1 Å². The zero-order valence-electron chi connectivity index (χ0n) is 16.1. The van der Waals surface area contributed by atoms with Gasteiger partial charge in [0.05, 0.1) is 24.0 Å². The molecule has 1 saturated heterocycles. The third-order valence-corrected chi connectivity index (χ3v) is 6.05. The fraction of sp³-hybridized carbons (Fsp3) is 0.500. The van der Waals surface area contributed by atoms with E-state index in [4.69, 9.17) is 5.73 Å². The van der Waals surface area contributed by atoms with Gasteiger partial charge in [-0.15, -0.1) is 12.4 Å². The van der Waals surface area contributed by atoms with Crippen molar-refractivity contribution in [2.45, 2.75) is 38.1 Å². The van der Waals surface area contributed by atoms with Crippen LogP contribution in [0, 0.1) is 18.7 Å². The smallest absolute Gasteiger partial charge is 0.341 e. The van der Waals surface area contributed by atoms with E-state index >= 15 is 4.39 Å². The largest absolute Gasteiger partial charge is 0.477 e. The molecule has 2 aliphatic rings. The molecule has 1 saturated carbocycles. The molecular formula is C20H25ClFN3O4. The van der Waals surface area contributed by atoms with Crippen molar-refractivity contribution in [1.29, 1.82) is 0 Å². The molecule has 0 bridgehead atoms. The Balaban J connectivity index is 0.00000240. The normalized spacial score (nSPS) is 20.0. The maximum Gasteiger partial charge on any atom is 0.341 e. The summed E-state index contributed by atoms with van der Waals surface area (Å²) in [5, 5.41) is 18.7. The summed E-state index contributed by atoms with van der Waals surface area (Å²) >= 11 is 0. The number of fused-ring (bicyclic) bond motifs is 1. The molecule has 1 aliphatic heterocycles. The van der Waals surface area contributed by atoms with Crippen molar-refractivity contribution in [3.05, 3.63) is 45.1 Å². The summed E-state index contributed by atoms with van der Waals surface area (Å²) in [4.78, 5) is 26.0. The maximum atomic E-state index is 15.1. The summed E-state index contributed by atoms with van der Waals surface area (Å²) in [6, 6.07) is 1.11. The number of carbonyl (C=O) groups is 1. The van der Waals surface area contributed by atoms with Gasteiger partial charge in [-0.3, -0.25) is 9.20 Å². The van der Waals surface area contributed by atoms with Gasteiger partial charge in [0.1, 0.15) is 5.56 Å². The third-order valence-electron chi connectivity index (χ3n) is 6.05. The third kappa shape index (κ3) is 3.60. The van der Waals surface area contributed by atoms with E-state index in [1.165, 1.54) is 6.07 Å². The highest BCUT2D eigenvalue weighted by Gasteiger charge is 2.33. The first kappa shape index (κ1) is 21.5. The molecule has 0 unspecified atom stereocenters. The second-order valence-corrected chi connectivity index (χ2v) is 7.91. The zero-order valence-corrected chi connectivity index (χ0v) is 16.9. The number of carboxylic acids is 1. The predicted octanol–water partition coefficient (Wildman–Crippen LogP) is 1.89. The number of aromatic carboxylic acids is 1. The van der Waals surface area contributed by atoms with Gasteiger partial charge in [0.25, 0.3) is 5.56 Å². The average Bonchev–Trinajstić information content (AvgIpc) is 3.39. The molecule has 7 nitrogen and oxygen atoms in total. The van der Waals surface area contributed by atoms with Crippen LogP contribution in [0.3, 0.4) is 0 Å². The summed E-state index contributed by atoms with van der Waals surface area (Å²) in [7, 11) is 0. The molecule has 1 aliphatic carbocycles. The lowest BCUT2D eigenvalue weighted by Gasteiger charge is -2.25. The van der Waals surface area contributed by atoms with E-state index in [-0.39, 0.29) is 42.5 Å². The molecule has 2 aromatic heterocycles. The highest BCUT2D eigenvalue weighted by Crippen LogP contribution is 2.44. The summed E-state index contributed by atoms with van der Waals surface area (Å²) in [5.74, 6) is -1.60. The molecule has 158 valence electrons. The number of nitrogens with zero attached hydrogens (tertiary/aromatic N) is 2. The maximum absolute atomic E-state index is 15.1. The number of nitrogens with two attached hydrogens (primary N) is 1. The predicted molar refractivity (Wildman–Crippen MR) is 110 cm³/mol. The second-order valence-electron chi connectivity index (χ2n) is 7.91. The lowest BCUT2D eigenvalue weighted by Crippen LogP contribution is -2.36. The van der Waals surface area contributed by atoms with Crippen molar-refractivity contribution in [3.8, 4) is 0 Å². The molecular weight excluding hydrogens is 401 g/mol. The molecule has 0 amide bonds. The van der Waals surface area contributed by atoms with E-state index in [9.17, 15) is 19.8 Å². The van der Waals surface area contributed by atoms with Crippen LogP contribution in [0.1, 0.15) is 46.7 Å². The molecule has 2 fully saturated rings. The monoisotopic (exact) mass is 425 g/mol. The molecule has 2 aromatic rings. The van der Waals surface area contributed by atoms with Crippen LogP contribution >= 0.6 is 12.4 Å². The number of hydrogen-bond donors (Lipinski definition) is 3. The Kier molecular flexibility index (Phi) is 5.89. The summed E-state index contributed by atoms with van der Waals surface area (Å²) in [5.41, 5.74) is 7.35. The SMILES string of the molecule is Cc1c(N2CC[C@@H]([C@H](N)CO)C2)c(F)cn2c(=O)c(C(=O)O)cc(C3CC3)c12.Cl. The zero-order chi connectivity index (χ0) is 20.2. The number of rotatable bonds is 5. The lowest BCUT2D eigenvalue weighted by molar-refractivity contribution is 0.0694. The Morgan fingerprint density at radius 1 is 1.38 bits per heavy atom. The molecule has 0 spiro atoms. The van der Waals surface area contributed by atoms with E-state index in [2.05, 4.69) is 0 Å². The average molecular weight is 426 g/mol. The number of aromatic nitrogens is 1. The van der Waals surface area contributed by atoms with Crippen LogP contribution in [-0.4, -0.2) is 46.3 Å². The molecule has 0 radical (unpaired) electrons. The van der Waals surface area contributed by atoms with Crippen molar-refractivity contribution in [1.82, 2.24) is 4.40 Å². The first-order valence-corrected chi connectivity index (χ1v) is 9.56. The minimum Gasteiger partial charge on any atom is -0.477 e. The van der Waals surface area contributed by atoms with Crippen LogP contribution in [0.5, 0.6) is 0 Å². The topological polar surface area (TPSA) is 108 Å². The van der Waals surface area contributed by atoms with E-state index in [0.29, 0.717) is 29.9 Å². The second kappa shape index (κ2) is 7.93. The minimum absolute atomic E-state index is 0. The van der Waals surface area contributed by atoms with Crippen LogP contribution < -0.4 is 16.2 Å². The van der Waals surface area contributed by atoms with Crippen molar-refractivity contribution < 1.29 is 19.4 Å². The van der Waals surface area contributed by atoms with Crippen LogP contribution in [0.2, 0.25) is 0 Å². The van der Waals surface area contributed by atoms with E-state index in [1.54, 1.807) is 6.92 Å². The lowest BCUT2D eigenvalue weighted by atomic mass is 10.0. The van der Waals surface area contributed by atoms with Gasteiger partial charge in [-0.2, -0.15) is 0 Å². The quantitative estimate of drug-likeness (QED) is 0.675. The number of aliphatic hydroxyl groups excluding tert-OH is 1. The molecule has 0 aromatic carbocycles. The number of carboxylic acid groups (broad SMARTS) is 1. The van der Waals surface area contributed by atoms with Gasteiger partial charge in [-0.05, 0) is 55.2 Å². The Bertz CT molecular complexity index is 1020. The first-order valence-electron chi connectivity index (χ1n) is 9.56. The fourth-order valence-corrected chi connectivity index (χ4v) is 4.38. The number of aryl methyl sites for hydroxylation is 1. The number of halogens is 2. The van der Waals surface area contributed by atoms with Gasteiger partial charge in [0.15, 0.2) is 5.82 Å². The van der Waals surface area contributed by atoms with Gasteiger partial charge in [0, 0.05) is 19.1 Å². The van der Waals surface area contributed by atoms with E-state index in [0.717, 1.165) is 35.4 Å². The van der Waals surface area contributed by atoms with Crippen molar-refractivity contribution in [2.24, 2.45) is 11.7 Å². The van der Waals surface area contributed by atoms with Gasteiger partial charge in [-0.1, -0.05) is 0 Å². The minimum atomic E-state index is -1.30. The van der Waals surface area contributed by atoms with E-state index < -0.39 is 17.3 Å². The fourth-order valence-electron chi connectivity index (χ4n) is 4.38. The first-order chi connectivity index (χ1) is 13.3. The Hall–Kier alpha value is -2.16. The molecule has 2 atom stereocenters. The summed E-state index contributed by atoms with van der Waals surface area (Å²) < 4.78 is 16.2. The number of pyridine rings is 2. The summed E-state index contributed by atoms with van der Waals surface area (Å²) in [6.07, 6.45) is 3.72. The van der Waals surface area contributed by atoms with Crippen LogP contribution in [-0.2, 0) is 0 Å². The standard InChI is InChI=1S/C20H24FN3O4.ClH/c1-10-17-13(11-2-3-11)6-14(20(27)28)19(26)24(17)8-15(21)18(10)23-5-4-12(7-23)16(22)9-25;/h6,8,11-12,16,25H,2-5,7,9,22H2,1H3,(H,27,28);1H/t12-,16-;/m1./s1. The van der Waals surface area contributed by atoms with Crippen molar-refractivity contribution >= 4 is 29.6 Å². The van der Waals surface area contributed by atoms with E-state index in [1.807, 2.05) is 4.90 Å². The highest BCUT2D eigenvalue weighted by atomic mass is 35.5. The van der Waals surface area contributed by atoms with Crippen molar-refractivity contribution in [3.63, 3.8) is 0 Å². The molecule has 4 N–H and O–H groups in total. The van der Waals surface area contributed by atoms with Crippen LogP contribution in [0.4, 0.5) is 10.1 Å². The molecule has 29 heavy (non-hydrogen) atoms. The Morgan fingerprint density at radius 3 is 2.66 bits per heavy atom. The van der Waals surface area contributed by atoms with Crippen LogP contribution in [0.25, 0.3) is 5.52 Å². The summed E-state index contributed by atoms with van der Waals surface area (Å²) in [6.45, 7) is 2.81. The highest BCUT2D eigenvalue weighted by molar-refractivity contribution is 5.89. The number of anilines is 1. The molecule has 3 heterocycles. The number of hydrogen-bond acceptors (Lipinski definition) is 5.